The third-order valence-electron chi connectivity index (χ3n) is 2.15. The number of hydrogen-bond acceptors (Lipinski definition) is 3. The number of fused-ring (bicyclic) bond motifs is 1. The molecule has 1 radical (unpaired) electrons. The first kappa shape index (κ1) is 14.2. The summed E-state index contributed by atoms with van der Waals surface area (Å²) >= 11 is -2.08. The summed E-state index contributed by atoms with van der Waals surface area (Å²) in [7, 11) is 4.78. The Kier molecular flexibility index (Phi) is 6.88. The van der Waals surface area contributed by atoms with E-state index in [1.54, 1.807) is 21.3 Å². The monoisotopic (exact) mass is 295 g/mol. The van der Waals surface area contributed by atoms with Gasteiger partial charge in [0.15, 0.2) is 0 Å². The Morgan fingerprint density at radius 1 is 0.882 bits per heavy atom. The second-order valence-corrected chi connectivity index (χ2v) is 7.43. The van der Waals surface area contributed by atoms with Gasteiger partial charge < -0.3 is 0 Å². The molecule has 0 N–H and O–H groups in total. The summed E-state index contributed by atoms with van der Waals surface area (Å²) in [5, 5.41) is 2.44. The van der Waals surface area contributed by atoms with Gasteiger partial charge >= 0.3 is 48.0 Å². The summed E-state index contributed by atoms with van der Waals surface area (Å²) in [6.07, 6.45) is 0. The molecule has 0 atom stereocenters. The summed E-state index contributed by atoms with van der Waals surface area (Å²) in [6, 6.07) is 17.4. The smallest absolute Gasteiger partial charge is 0.00992 e. The minimum atomic E-state index is -2.08. The molecule has 0 spiro atoms. The fourth-order valence-electron chi connectivity index (χ4n) is 1.35. The quantitative estimate of drug-likeness (QED) is 0.813. The maximum atomic E-state index is 4.79. The fourth-order valence-corrected chi connectivity index (χ4v) is 2.56. The fraction of sp³-hybridized carbons (Fsp3) is 0.231. The van der Waals surface area contributed by atoms with E-state index >= 15 is 0 Å². The Morgan fingerprint density at radius 2 is 1.47 bits per heavy atom. The van der Waals surface area contributed by atoms with Crippen LogP contribution in [0.3, 0.4) is 0 Å². The normalized spacial score (nSPS) is 10.1. The van der Waals surface area contributed by atoms with E-state index in [-0.39, 0.29) is 0 Å². The SMILES string of the molecule is C[O][GeH]([O]C)[O]C.[c]1cccc2ccccc12. The average Bonchev–Trinajstić information content (AvgIpc) is 2.42. The Morgan fingerprint density at radius 3 is 2.00 bits per heavy atom. The molecular weight excluding hydrogens is 277 g/mol. The minimum Gasteiger partial charge on any atom is -0.0616 e. The van der Waals surface area contributed by atoms with E-state index in [4.69, 9.17) is 11.3 Å². The van der Waals surface area contributed by atoms with Crippen LogP contribution in [0.4, 0.5) is 0 Å². The molecule has 0 fully saturated rings. The molecule has 2 aromatic rings. The molecule has 0 aliphatic rings. The molecule has 2 aromatic carbocycles. The molecule has 2 rings (SSSR count). The van der Waals surface area contributed by atoms with E-state index in [9.17, 15) is 0 Å². The van der Waals surface area contributed by atoms with E-state index in [1.807, 2.05) is 24.3 Å². The Balaban J connectivity index is 0.000000185. The van der Waals surface area contributed by atoms with Gasteiger partial charge in [-0.25, -0.2) is 0 Å². The minimum absolute atomic E-state index is 1.19. The van der Waals surface area contributed by atoms with Crippen molar-refractivity contribution in [2.75, 3.05) is 21.3 Å². The van der Waals surface area contributed by atoms with Gasteiger partial charge in [0, 0.05) is 0 Å². The van der Waals surface area contributed by atoms with Crippen LogP contribution in [-0.2, 0) is 11.3 Å². The van der Waals surface area contributed by atoms with Gasteiger partial charge in [-0.2, -0.15) is 0 Å². The Hall–Kier alpha value is -0.877. The molecule has 0 bridgehead atoms. The van der Waals surface area contributed by atoms with Crippen LogP contribution >= 0.6 is 0 Å². The molecule has 4 heteroatoms. The first-order chi connectivity index (χ1) is 8.31. The average molecular weight is 294 g/mol. The van der Waals surface area contributed by atoms with Crippen LogP contribution in [0.2, 0.25) is 0 Å². The molecule has 0 aromatic heterocycles. The topological polar surface area (TPSA) is 27.7 Å². The van der Waals surface area contributed by atoms with Crippen molar-refractivity contribution in [3.05, 3.63) is 48.5 Å². The van der Waals surface area contributed by atoms with Crippen LogP contribution in [0.25, 0.3) is 10.8 Å². The Bertz CT molecular complexity index is 359. The van der Waals surface area contributed by atoms with Crippen molar-refractivity contribution < 1.29 is 11.3 Å². The zero-order valence-corrected chi connectivity index (χ0v) is 12.8. The zero-order chi connectivity index (χ0) is 12.5. The van der Waals surface area contributed by atoms with Gasteiger partial charge in [0.05, 0.1) is 0 Å². The van der Waals surface area contributed by atoms with Gasteiger partial charge in [-0.05, 0) is 16.8 Å². The predicted molar refractivity (Wildman–Crippen MR) is 71.0 cm³/mol. The van der Waals surface area contributed by atoms with E-state index in [1.165, 1.54) is 10.8 Å². The van der Waals surface area contributed by atoms with Gasteiger partial charge in [-0.15, -0.1) is 0 Å². The van der Waals surface area contributed by atoms with Crippen molar-refractivity contribution in [3.63, 3.8) is 0 Å². The third-order valence-corrected chi connectivity index (χ3v) is 4.57. The summed E-state index contributed by atoms with van der Waals surface area (Å²) in [6.45, 7) is 0. The van der Waals surface area contributed by atoms with Crippen LogP contribution in [-0.4, -0.2) is 36.7 Å². The van der Waals surface area contributed by atoms with Crippen LogP contribution < -0.4 is 0 Å². The van der Waals surface area contributed by atoms with Crippen molar-refractivity contribution in [1.29, 1.82) is 0 Å². The van der Waals surface area contributed by atoms with E-state index in [2.05, 4.69) is 24.3 Å². The van der Waals surface area contributed by atoms with Crippen molar-refractivity contribution in [2.45, 2.75) is 0 Å². The van der Waals surface area contributed by atoms with Crippen LogP contribution in [0.5, 0.6) is 0 Å². The standard InChI is InChI=1S/C10H7.C3H10GeO3/c1-2-6-10-8-4-3-7-9(10)5-1;1-5-4(6-2)7-3/h1-7H;4H,1-3H3. The van der Waals surface area contributed by atoms with Gasteiger partial charge in [-0.1, -0.05) is 42.5 Å². The molecule has 0 aliphatic heterocycles. The summed E-state index contributed by atoms with van der Waals surface area (Å²) < 4.78 is 14.4. The number of hydrogen-bond donors (Lipinski definition) is 0. The molecular formula is C13H17GeO3. The van der Waals surface area contributed by atoms with Crippen molar-refractivity contribution >= 4 is 26.1 Å². The van der Waals surface area contributed by atoms with E-state index < -0.39 is 15.4 Å². The molecule has 0 aliphatic carbocycles. The largest absolute Gasteiger partial charge is 0.0616 e. The maximum absolute atomic E-state index is 4.79. The number of rotatable bonds is 3. The third kappa shape index (κ3) is 4.87. The second-order valence-electron chi connectivity index (χ2n) is 3.25. The van der Waals surface area contributed by atoms with E-state index in [0.717, 1.165) is 0 Å². The zero-order valence-electron chi connectivity index (χ0n) is 10.3. The summed E-state index contributed by atoms with van der Waals surface area (Å²) in [5.41, 5.74) is 0. The first-order valence-corrected chi connectivity index (χ1v) is 8.22. The molecule has 91 valence electrons. The van der Waals surface area contributed by atoms with Crippen LogP contribution in [0, 0.1) is 6.07 Å². The molecule has 17 heavy (non-hydrogen) atoms. The van der Waals surface area contributed by atoms with Crippen molar-refractivity contribution in [2.24, 2.45) is 0 Å². The van der Waals surface area contributed by atoms with Crippen LogP contribution in [0.15, 0.2) is 42.5 Å². The molecule has 0 amide bonds. The second kappa shape index (κ2) is 8.25. The summed E-state index contributed by atoms with van der Waals surface area (Å²) in [4.78, 5) is 0. The molecule has 0 saturated heterocycles. The van der Waals surface area contributed by atoms with Crippen molar-refractivity contribution in [3.8, 4) is 0 Å². The van der Waals surface area contributed by atoms with Gasteiger partial charge in [0.1, 0.15) is 0 Å². The predicted octanol–water partition coefficient (Wildman–Crippen LogP) is 2.28. The van der Waals surface area contributed by atoms with Crippen molar-refractivity contribution in [1.82, 2.24) is 0 Å². The summed E-state index contributed by atoms with van der Waals surface area (Å²) in [5.74, 6) is 0. The molecule has 0 heterocycles. The Labute approximate surface area is 107 Å². The van der Waals surface area contributed by atoms with Gasteiger partial charge in [-0.3, -0.25) is 0 Å². The molecule has 3 nitrogen and oxygen atoms in total. The molecule has 0 saturated carbocycles. The maximum Gasteiger partial charge on any atom is -0.00992 e. The van der Waals surface area contributed by atoms with Gasteiger partial charge in [0.2, 0.25) is 0 Å². The van der Waals surface area contributed by atoms with Crippen LogP contribution in [0.1, 0.15) is 0 Å². The molecule has 0 unspecified atom stereocenters. The van der Waals surface area contributed by atoms with E-state index in [0.29, 0.717) is 0 Å². The van der Waals surface area contributed by atoms with Gasteiger partial charge in [0.25, 0.3) is 0 Å². The first-order valence-electron chi connectivity index (χ1n) is 5.25. The number of benzene rings is 2.